The molecule has 0 heterocycles. The van der Waals surface area contributed by atoms with E-state index in [1.165, 1.54) is 5.56 Å². The zero-order valence-electron chi connectivity index (χ0n) is 13.7. The minimum absolute atomic E-state index is 0.0582. The van der Waals surface area contributed by atoms with Crippen LogP contribution in [0.3, 0.4) is 0 Å². The van der Waals surface area contributed by atoms with Gasteiger partial charge < -0.3 is 10.1 Å². The number of amides is 1. The summed E-state index contributed by atoms with van der Waals surface area (Å²) in [5.41, 5.74) is 2.65. The molecule has 2 rings (SSSR count). The van der Waals surface area contributed by atoms with E-state index in [0.29, 0.717) is 17.6 Å². The van der Waals surface area contributed by atoms with Crippen molar-refractivity contribution in [3.05, 3.63) is 63.6 Å². The maximum absolute atomic E-state index is 12.2. The SMILES string of the molecule is CC[C@@H](NC(=O)COc1ccc(Br)cc1C=O)c1ccc(C)cc1. The molecular formula is C19H20BrNO3. The van der Waals surface area contributed by atoms with Crippen molar-refractivity contribution in [2.75, 3.05) is 6.61 Å². The number of carbonyl (C=O) groups is 2. The second-order valence-electron chi connectivity index (χ2n) is 5.53. The van der Waals surface area contributed by atoms with Gasteiger partial charge in [-0.3, -0.25) is 9.59 Å². The summed E-state index contributed by atoms with van der Waals surface area (Å²) < 4.78 is 6.27. The summed E-state index contributed by atoms with van der Waals surface area (Å²) in [7, 11) is 0. The summed E-state index contributed by atoms with van der Waals surface area (Å²) in [5, 5.41) is 2.96. The number of hydrogen-bond acceptors (Lipinski definition) is 3. The lowest BCUT2D eigenvalue weighted by molar-refractivity contribution is -0.123. The summed E-state index contributed by atoms with van der Waals surface area (Å²) in [5.74, 6) is 0.175. The number of nitrogens with one attached hydrogen (secondary N) is 1. The number of ether oxygens (including phenoxy) is 1. The molecule has 0 aliphatic carbocycles. The number of aryl methyl sites for hydroxylation is 1. The highest BCUT2D eigenvalue weighted by Crippen LogP contribution is 2.22. The van der Waals surface area contributed by atoms with E-state index in [2.05, 4.69) is 21.2 Å². The van der Waals surface area contributed by atoms with Crippen molar-refractivity contribution in [2.45, 2.75) is 26.3 Å². The first-order valence-corrected chi connectivity index (χ1v) is 8.56. The third kappa shape index (κ3) is 4.93. The van der Waals surface area contributed by atoms with Crippen LogP contribution < -0.4 is 10.1 Å². The van der Waals surface area contributed by atoms with Crippen LogP contribution in [-0.4, -0.2) is 18.8 Å². The Labute approximate surface area is 150 Å². The van der Waals surface area contributed by atoms with Crippen LogP contribution in [0.25, 0.3) is 0 Å². The highest BCUT2D eigenvalue weighted by molar-refractivity contribution is 9.10. The van der Waals surface area contributed by atoms with Crippen LogP contribution in [0, 0.1) is 6.92 Å². The summed E-state index contributed by atoms with van der Waals surface area (Å²) in [6, 6.07) is 13.1. The molecule has 0 unspecified atom stereocenters. The monoisotopic (exact) mass is 389 g/mol. The van der Waals surface area contributed by atoms with E-state index >= 15 is 0 Å². The highest BCUT2D eigenvalue weighted by Gasteiger charge is 2.14. The molecule has 0 saturated heterocycles. The summed E-state index contributed by atoms with van der Waals surface area (Å²) >= 11 is 3.30. The zero-order valence-corrected chi connectivity index (χ0v) is 15.3. The average Bonchev–Trinajstić information content (AvgIpc) is 2.59. The van der Waals surface area contributed by atoms with E-state index in [1.807, 2.05) is 38.1 Å². The largest absolute Gasteiger partial charge is 0.483 e. The van der Waals surface area contributed by atoms with Crippen molar-refractivity contribution in [2.24, 2.45) is 0 Å². The highest BCUT2D eigenvalue weighted by atomic mass is 79.9. The minimum atomic E-state index is -0.220. The predicted molar refractivity (Wildman–Crippen MR) is 97.4 cm³/mol. The molecule has 0 bridgehead atoms. The van der Waals surface area contributed by atoms with Crippen LogP contribution >= 0.6 is 15.9 Å². The second-order valence-corrected chi connectivity index (χ2v) is 6.44. The molecule has 0 aliphatic heterocycles. The fraction of sp³-hybridized carbons (Fsp3) is 0.263. The Balaban J connectivity index is 1.97. The first-order chi connectivity index (χ1) is 11.5. The topological polar surface area (TPSA) is 55.4 Å². The van der Waals surface area contributed by atoms with Crippen LogP contribution in [0.5, 0.6) is 5.75 Å². The molecule has 0 spiro atoms. The maximum Gasteiger partial charge on any atom is 0.258 e. The van der Waals surface area contributed by atoms with Crippen molar-refractivity contribution >= 4 is 28.1 Å². The van der Waals surface area contributed by atoms with Crippen LogP contribution in [0.15, 0.2) is 46.9 Å². The van der Waals surface area contributed by atoms with Crippen LogP contribution in [0.4, 0.5) is 0 Å². The normalized spacial score (nSPS) is 11.6. The average molecular weight is 390 g/mol. The van der Waals surface area contributed by atoms with E-state index in [9.17, 15) is 9.59 Å². The smallest absolute Gasteiger partial charge is 0.258 e. The molecule has 126 valence electrons. The summed E-state index contributed by atoms with van der Waals surface area (Å²) in [6.07, 6.45) is 1.49. The van der Waals surface area contributed by atoms with Crippen molar-refractivity contribution < 1.29 is 14.3 Å². The number of benzene rings is 2. The number of aldehydes is 1. The van der Waals surface area contributed by atoms with Gasteiger partial charge in [0, 0.05) is 4.47 Å². The first-order valence-electron chi connectivity index (χ1n) is 7.77. The van der Waals surface area contributed by atoms with Gasteiger partial charge in [-0.1, -0.05) is 52.7 Å². The Morgan fingerprint density at radius 2 is 1.96 bits per heavy atom. The van der Waals surface area contributed by atoms with Gasteiger partial charge in [0.25, 0.3) is 5.91 Å². The Morgan fingerprint density at radius 3 is 2.58 bits per heavy atom. The molecule has 1 amide bonds. The van der Waals surface area contributed by atoms with Crippen LogP contribution in [0.1, 0.15) is 40.9 Å². The third-order valence-electron chi connectivity index (χ3n) is 3.68. The zero-order chi connectivity index (χ0) is 17.5. The van der Waals surface area contributed by atoms with Crippen molar-refractivity contribution in [3.8, 4) is 5.75 Å². The molecule has 2 aromatic carbocycles. The second kappa shape index (κ2) is 8.64. The third-order valence-corrected chi connectivity index (χ3v) is 4.17. The standard InChI is InChI=1S/C19H20BrNO3/c1-3-17(14-6-4-13(2)5-7-14)21-19(23)12-24-18-9-8-16(20)10-15(18)11-22/h4-11,17H,3,12H2,1-2H3,(H,21,23)/t17-/m1/s1. The van der Waals surface area contributed by atoms with Crippen molar-refractivity contribution in [3.63, 3.8) is 0 Å². The van der Waals surface area contributed by atoms with E-state index in [1.54, 1.807) is 18.2 Å². The lowest BCUT2D eigenvalue weighted by Crippen LogP contribution is -2.32. The molecule has 1 N–H and O–H groups in total. The van der Waals surface area contributed by atoms with Gasteiger partial charge in [0.2, 0.25) is 0 Å². The molecule has 1 atom stereocenters. The molecule has 4 nitrogen and oxygen atoms in total. The first kappa shape index (κ1) is 18.2. The van der Waals surface area contributed by atoms with E-state index in [-0.39, 0.29) is 18.6 Å². The quantitative estimate of drug-likeness (QED) is 0.721. The lowest BCUT2D eigenvalue weighted by Gasteiger charge is -2.18. The maximum atomic E-state index is 12.2. The molecule has 24 heavy (non-hydrogen) atoms. The van der Waals surface area contributed by atoms with Crippen LogP contribution in [0.2, 0.25) is 0 Å². The van der Waals surface area contributed by atoms with Crippen molar-refractivity contribution in [1.29, 1.82) is 0 Å². The Hall–Kier alpha value is -2.14. The summed E-state index contributed by atoms with van der Waals surface area (Å²) in [6.45, 7) is 3.91. The molecular weight excluding hydrogens is 370 g/mol. The molecule has 0 aromatic heterocycles. The predicted octanol–water partition coefficient (Wildman–Crippen LogP) is 4.22. The molecule has 0 fully saturated rings. The summed E-state index contributed by atoms with van der Waals surface area (Å²) in [4.78, 5) is 23.2. The Bertz CT molecular complexity index is 713. The fourth-order valence-corrected chi connectivity index (χ4v) is 2.72. The number of hydrogen-bond donors (Lipinski definition) is 1. The molecule has 5 heteroatoms. The Morgan fingerprint density at radius 1 is 1.25 bits per heavy atom. The minimum Gasteiger partial charge on any atom is -0.483 e. The Kier molecular flexibility index (Phi) is 6.55. The van der Waals surface area contributed by atoms with Crippen LogP contribution in [-0.2, 0) is 4.79 Å². The molecule has 0 saturated carbocycles. The van der Waals surface area contributed by atoms with E-state index in [4.69, 9.17) is 4.74 Å². The van der Waals surface area contributed by atoms with E-state index < -0.39 is 0 Å². The van der Waals surface area contributed by atoms with Gasteiger partial charge in [0.15, 0.2) is 12.9 Å². The molecule has 0 aliphatic rings. The molecule has 2 aromatic rings. The van der Waals surface area contributed by atoms with Crippen molar-refractivity contribution in [1.82, 2.24) is 5.32 Å². The van der Waals surface area contributed by atoms with Gasteiger partial charge in [0.05, 0.1) is 11.6 Å². The van der Waals surface area contributed by atoms with Gasteiger partial charge in [-0.25, -0.2) is 0 Å². The number of carbonyl (C=O) groups excluding carboxylic acids is 2. The van der Waals surface area contributed by atoms with Gasteiger partial charge >= 0.3 is 0 Å². The molecule has 0 radical (unpaired) electrons. The van der Waals surface area contributed by atoms with Gasteiger partial charge in [-0.15, -0.1) is 0 Å². The van der Waals surface area contributed by atoms with Gasteiger partial charge in [-0.05, 0) is 37.1 Å². The van der Waals surface area contributed by atoms with Gasteiger partial charge in [0.1, 0.15) is 5.75 Å². The fourth-order valence-electron chi connectivity index (χ4n) is 2.34. The number of halogens is 1. The van der Waals surface area contributed by atoms with Gasteiger partial charge in [-0.2, -0.15) is 0 Å². The lowest BCUT2D eigenvalue weighted by atomic mass is 10.0. The van der Waals surface area contributed by atoms with E-state index in [0.717, 1.165) is 16.5 Å². The number of rotatable bonds is 7.